The predicted octanol–water partition coefficient (Wildman–Crippen LogP) is 0.596. The Labute approximate surface area is 95.1 Å². The molecule has 0 aromatic heterocycles. The van der Waals surface area contributed by atoms with Crippen LogP contribution in [0.1, 0.15) is 6.92 Å². The highest BCUT2D eigenvalue weighted by Crippen LogP contribution is 1.99. The lowest BCUT2D eigenvalue weighted by Crippen LogP contribution is -2.36. The van der Waals surface area contributed by atoms with Crippen LogP contribution in [0.25, 0.3) is 0 Å². The highest BCUT2D eigenvalue weighted by Gasteiger charge is 2.13. The summed E-state index contributed by atoms with van der Waals surface area (Å²) in [6.07, 6.45) is -3.26. The predicted molar refractivity (Wildman–Crippen MR) is 56.8 cm³/mol. The van der Waals surface area contributed by atoms with Crippen molar-refractivity contribution in [3.8, 4) is 0 Å². The van der Waals surface area contributed by atoms with E-state index in [-0.39, 0.29) is 25.8 Å². The zero-order valence-electron chi connectivity index (χ0n) is 10.0. The van der Waals surface area contributed by atoms with Crippen LogP contribution in [0.5, 0.6) is 0 Å². The van der Waals surface area contributed by atoms with E-state index >= 15 is 0 Å². The molecule has 1 N–H and O–H groups in total. The molecule has 0 amide bonds. The molecule has 0 radical (unpaired) electrons. The zero-order chi connectivity index (χ0) is 12.6. The van der Waals surface area contributed by atoms with E-state index in [0.717, 1.165) is 0 Å². The van der Waals surface area contributed by atoms with E-state index in [1.54, 1.807) is 7.11 Å². The van der Waals surface area contributed by atoms with Gasteiger partial charge >= 0.3 is 0 Å². The first-order chi connectivity index (χ1) is 7.45. The van der Waals surface area contributed by atoms with E-state index in [9.17, 15) is 13.9 Å². The van der Waals surface area contributed by atoms with Crippen LogP contribution in [0.15, 0.2) is 0 Å². The van der Waals surface area contributed by atoms with Crippen LogP contribution in [-0.4, -0.2) is 69.1 Å². The monoisotopic (exact) mass is 241 g/mol. The molecule has 0 aromatic rings. The second kappa shape index (κ2) is 8.81. The molecule has 0 aliphatic heterocycles. The fraction of sp³-hybridized carbons (Fsp3) is 1.00. The van der Waals surface area contributed by atoms with Crippen LogP contribution in [0, 0.1) is 0 Å². The van der Waals surface area contributed by atoms with Crippen LogP contribution >= 0.6 is 0 Å². The smallest absolute Gasteiger partial charge is 0.251 e. The zero-order valence-corrected chi connectivity index (χ0v) is 10.0. The highest BCUT2D eigenvalue weighted by molar-refractivity contribution is 4.62. The molecule has 0 aliphatic rings. The molecule has 0 aromatic carbocycles. The van der Waals surface area contributed by atoms with Gasteiger partial charge in [0, 0.05) is 13.7 Å². The van der Waals surface area contributed by atoms with Crippen molar-refractivity contribution in [1.82, 2.24) is 4.90 Å². The fourth-order valence-corrected chi connectivity index (χ4v) is 1.28. The summed E-state index contributed by atoms with van der Waals surface area (Å²) in [5.41, 5.74) is 0. The minimum absolute atomic E-state index is 0.111. The molecule has 0 spiro atoms. The van der Waals surface area contributed by atoms with Crippen LogP contribution in [0.3, 0.4) is 0 Å². The Hall–Kier alpha value is -0.300. The fourth-order valence-electron chi connectivity index (χ4n) is 1.28. The van der Waals surface area contributed by atoms with Gasteiger partial charge in [-0.1, -0.05) is 0 Å². The average Bonchev–Trinajstić information content (AvgIpc) is 2.13. The quantitative estimate of drug-likeness (QED) is 0.642. The third-order valence-corrected chi connectivity index (χ3v) is 1.95. The van der Waals surface area contributed by atoms with Crippen molar-refractivity contribution < 1.29 is 23.4 Å². The number of ether oxygens (including phenoxy) is 2. The maximum Gasteiger partial charge on any atom is 0.251 e. The first-order valence-electron chi connectivity index (χ1n) is 5.21. The van der Waals surface area contributed by atoms with E-state index in [4.69, 9.17) is 9.47 Å². The van der Waals surface area contributed by atoms with Crippen LogP contribution in [0.2, 0.25) is 0 Å². The number of nitrogens with zero attached hydrogens (tertiary/aromatic N) is 1. The Morgan fingerprint density at radius 1 is 1.25 bits per heavy atom. The Balaban J connectivity index is 3.60. The minimum atomic E-state index is -2.38. The third kappa shape index (κ3) is 8.96. The molecule has 16 heavy (non-hydrogen) atoms. The summed E-state index contributed by atoms with van der Waals surface area (Å²) in [6.45, 7) is 2.21. The van der Waals surface area contributed by atoms with E-state index in [0.29, 0.717) is 6.61 Å². The standard InChI is InChI=1S/C10H21F2NO3/c1-8(6-15-3)16-7-9(14)4-13(2)5-10(11)12/h8-10,14H,4-7H2,1-3H3. The molecule has 2 unspecified atom stereocenters. The molecule has 2 atom stereocenters. The second-order valence-corrected chi connectivity index (χ2v) is 3.87. The van der Waals surface area contributed by atoms with Gasteiger partial charge in [0.1, 0.15) is 0 Å². The lowest BCUT2D eigenvalue weighted by atomic mass is 10.3. The van der Waals surface area contributed by atoms with Gasteiger partial charge in [-0.15, -0.1) is 0 Å². The summed E-state index contributed by atoms with van der Waals surface area (Å²) in [7, 11) is 3.10. The SMILES string of the molecule is COCC(C)OCC(O)CN(C)CC(F)F. The molecule has 98 valence electrons. The first-order valence-corrected chi connectivity index (χ1v) is 5.21. The number of aliphatic hydroxyl groups is 1. The minimum Gasteiger partial charge on any atom is -0.389 e. The maximum atomic E-state index is 12.0. The molecule has 0 saturated carbocycles. The van der Waals surface area contributed by atoms with Gasteiger partial charge in [0.15, 0.2) is 0 Å². The highest BCUT2D eigenvalue weighted by atomic mass is 19.3. The number of halogens is 2. The summed E-state index contributed by atoms with van der Waals surface area (Å²) in [6, 6.07) is 0. The number of alkyl halides is 2. The molecule has 0 aliphatic carbocycles. The van der Waals surface area contributed by atoms with E-state index in [1.165, 1.54) is 11.9 Å². The molecule has 0 fully saturated rings. The van der Waals surface area contributed by atoms with Gasteiger partial charge < -0.3 is 14.6 Å². The molecule has 0 saturated heterocycles. The second-order valence-electron chi connectivity index (χ2n) is 3.87. The Bertz CT molecular complexity index is 172. The number of aliphatic hydroxyl groups excluding tert-OH is 1. The molecule has 0 rings (SSSR count). The van der Waals surface area contributed by atoms with Crippen molar-refractivity contribution in [3.05, 3.63) is 0 Å². The van der Waals surface area contributed by atoms with Gasteiger partial charge in [-0.25, -0.2) is 8.78 Å². The Morgan fingerprint density at radius 2 is 1.88 bits per heavy atom. The van der Waals surface area contributed by atoms with Gasteiger partial charge in [0.2, 0.25) is 0 Å². The molecule has 0 heterocycles. The van der Waals surface area contributed by atoms with Gasteiger partial charge in [-0.2, -0.15) is 0 Å². The average molecular weight is 241 g/mol. The van der Waals surface area contributed by atoms with Crippen molar-refractivity contribution in [2.75, 3.05) is 40.5 Å². The summed E-state index contributed by atoms with van der Waals surface area (Å²) >= 11 is 0. The van der Waals surface area contributed by atoms with Crippen molar-refractivity contribution >= 4 is 0 Å². The van der Waals surface area contributed by atoms with Crippen molar-refractivity contribution in [2.45, 2.75) is 25.6 Å². The number of likely N-dealkylation sites (N-methyl/N-ethyl adjacent to an activating group) is 1. The number of hydrogen-bond acceptors (Lipinski definition) is 4. The summed E-state index contributed by atoms with van der Waals surface area (Å²) < 4.78 is 34.1. The molecule has 0 bridgehead atoms. The number of rotatable bonds is 9. The number of hydrogen-bond donors (Lipinski definition) is 1. The lowest BCUT2D eigenvalue weighted by Gasteiger charge is -2.21. The summed E-state index contributed by atoms with van der Waals surface area (Å²) in [4.78, 5) is 1.37. The van der Waals surface area contributed by atoms with E-state index in [1.807, 2.05) is 6.92 Å². The van der Waals surface area contributed by atoms with E-state index in [2.05, 4.69) is 0 Å². The van der Waals surface area contributed by atoms with Gasteiger partial charge in [-0.3, -0.25) is 4.90 Å². The normalized spacial score (nSPS) is 15.8. The maximum absolute atomic E-state index is 12.0. The Morgan fingerprint density at radius 3 is 2.38 bits per heavy atom. The van der Waals surface area contributed by atoms with Crippen LogP contribution in [0.4, 0.5) is 8.78 Å². The van der Waals surface area contributed by atoms with Crippen LogP contribution in [-0.2, 0) is 9.47 Å². The van der Waals surface area contributed by atoms with Crippen molar-refractivity contribution in [2.24, 2.45) is 0 Å². The Kier molecular flexibility index (Phi) is 8.64. The molecule has 6 heteroatoms. The third-order valence-electron chi connectivity index (χ3n) is 1.95. The molecular formula is C10H21F2NO3. The number of methoxy groups -OCH3 is 1. The van der Waals surface area contributed by atoms with Gasteiger partial charge in [0.05, 0.1) is 32.0 Å². The largest absolute Gasteiger partial charge is 0.389 e. The molecular weight excluding hydrogens is 220 g/mol. The van der Waals surface area contributed by atoms with Gasteiger partial charge in [0.25, 0.3) is 6.43 Å². The van der Waals surface area contributed by atoms with Crippen LogP contribution < -0.4 is 0 Å². The van der Waals surface area contributed by atoms with E-state index < -0.39 is 12.5 Å². The lowest BCUT2D eigenvalue weighted by molar-refractivity contribution is -0.0409. The first kappa shape index (κ1) is 15.7. The molecule has 4 nitrogen and oxygen atoms in total. The summed E-state index contributed by atoms with van der Waals surface area (Å²) in [5.74, 6) is 0. The van der Waals surface area contributed by atoms with Crippen molar-refractivity contribution in [1.29, 1.82) is 0 Å². The van der Waals surface area contributed by atoms with Crippen molar-refractivity contribution in [3.63, 3.8) is 0 Å². The van der Waals surface area contributed by atoms with Gasteiger partial charge in [-0.05, 0) is 14.0 Å². The topological polar surface area (TPSA) is 41.9 Å². The summed E-state index contributed by atoms with van der Waals surface area (Å²) in [5, 5.41) is 9.50.